The first-order chi connectivity index (χ1) is 7.22. The average Bonchev–Trinajstić information content (AvgIpc) is 2.30. The second-order valence-electron chi connectivity index (χ2n) is 3.60. The molecule has 0 saturated heterocycles. The normalized spacial score (nSPS) is 12.5. The van der Waals surface area contributed by atoms with Crippen LogP contribution in [0.3, 0.4) is 0 Å². The van der Waals surface area contributed by atoms with Crippen LogP contribution in [0.25, 0.3) is 0 Å². The quantitative estimate of drug-likeness (QED) is 0.798. The second-order valence-corrected chi connectivity index (χ2v) is 3.60. The van der Waals surface area contributed by atoms with Crippen molar-refractivity contribution in [2.75, 3.05) is 11.4 Å². The van der Waals surface area contributed by atoms with Crippen molar-refractivity contribution in [1.29, 1.82) is 0 Å². The Kier molecular flexibility index (Phi) is 4.49. The number of nitrogens with zero attached hydrogens (tertiary/aromatic N) is 3. The van der Waals surface area contributed by atoms with Crippen molar-refractivity contribution in [2.24, 2.45) is 5.73 Å². The summed E-state index contributed by atoms with van der Waals surface area (Å²) in [6.45, 7) is 7.85. The molecule has 15 heavy (non-hydrogen) atoms. The molecule has 1 unspecified atom stereocenters. The molecule has 0 bridgehead atoms. The van der Waals surface area contributed by atoms with Gasteiger partial charge in [0.2, 0.25) is 5.95 Å². The molecular weight excluding hydrogens is 188 g/mol. The van der Waals surface area contributed by atoms with E-state index < -0.39 is 0 Å². The average molecular weight is 208 g/mol. The minimum atomic E-state index is 0.461. The third-order valence-corrected chi connectivity index (χ3v) is 2.63. The fourth-order valence-electron chi connectivity index (χ4n) is 1.51. The van der Waals surface area contributed by atoms with Crippen molar-refractivity contribution in [3.8, 4) is 0 Å². The van der Waals surface area contributed by atoms with Crippen LogP contribution in [0.1, 0.15) is 32.9 Å². The van der Waals surface area contributed by atoms with Crippen LogP contribution in [0.4, 0.5) is 5.95 Å². The van der Waals surface area contributed by atoms with E-state index in [1.54, 1.807) is 6.20 Å². The van der Waals surface area contributed by atoms with Crippen LogP contribution in [0, 0.1) is 0 Å². The van der Waals surface area contributed by atoms with Gasteiger partial charge in [0.05, 0.1) is 5.69 Å². The van der Waals surface area contributed by atoms with Crippen LogP contribution in [0.2, 0.25) is 0 Å². The molecule has 84 valence electrons. The van der Waals surface area contributed by atoms with Gasteiger partial charge in [0.15, 0.2) is 0 Å². The summed E-state index contributed by atoms with van der Waals surface area (Å²) in [5, 5.41) is 0. The molecule has 4 heteroatoms. The topological polar surface area (TPSA) is 55.0 Å². The lowest BCUT2D eigenvalue weighted by atomic mass is 10.2. The van der Waals surface area contributed by atoms with Crippen molar-refractivity contribution in [2.45, 2.75) is 39.8 Å². The number of anilines is 1. The van der Waals surface area contributed by atoms with Gasteiger partial charge >= 0.3 is 0 Å². The third-order valence-electron chi connectivity index (χ3n) is 2.63. The second kappa shape index (κ2) is 5.66. The Hall–Kier alpha value is -1.16. The van der Waals surface area contributed by atoms with Gasteiger partial charge in [-0.25, -0.2) is 9.97 Å². The zero-order valence-corrected chi connectivity index (χ0v) is 9.77. The molecule has 1 aromatic rings. The van der Waals surface area contributed by atoms with Gasteiger partial charge in [0.25, 0.3) is 0 Å². The SMILES string of the molecule is CCC(C)N(CC)c1nccc(CN)n1. The van der Waals surface area contributed by atoms with Crippen molar-refractivity contribution in [1.82, 2.24) is 9.97 Å². The van der Waals surface area contributed by atoms with Gasteiger partial charge in [0, 0.05) is 25.3 Å². The highest BCUT2D eigenvalue weighted by molar-refractivity contribution is 5.31. The first-order valence-electron chi connectivity index (χ1n) is 5.51. The van der Waals surface area contributed by atoms with Gasteiger partial charge < -0.3 is 10.6 Å². The van der Waals surface area contributed by atoms with E-state index in [9.17, 15) is 0 Å². The minimum Gasteiger partial charge on any atom is -0.338 e. The van der Waals surface area contributed by atoms with Crippen LogP contribution in [0.15, 0.2) is 12.3 Å². The van der Waals surface area contributed by atoms with Gasteiger partial charge in [-0.2, -0.15) is 0 Å². The molecule has 0 saturated carbocycles. The highest BCUT2D eigenvalue weighted by Gasteiger charge is 2.13. The minimum absolute atomic E-state index is 0.461. The molecule has 1 aromatic heterocycles. The first-order valence-corrected chi connectivity index (χ1v) is 5.51. The lowest BCUT2D eigenvalue weighted by molar-refractivity contribution is 0.613. The molecule has 1 rings (SSSR count). The summed E-state index contributed by atoms with van der Waals surface area (Å²) in [6.07, 6.45) is 2.86. The van der Waals surface area contributed by atoms with Crippen LogP contribution < -0.4 is 10.6 Å². The van der Waals surface area contributed by atoms with Crippen molar-refractivity contribution in [3.05, 3.63) is 18.0 Å². The molecule has 0 aliphatic rings. The molecular formula is C11H20N4. The maximum Gasteiger partial charge on any atom is 0.225 e. The van der Waals surface area contributed by atoms with Crippen molar-refractivity contribution in [3.63, 3.8) is 0 Å². The Balaban J connectivity index is 2.91. The molecule has 2 N–H and O–H groups in total. The molecule has 0 fully saturated rings. The van der Waals surface area contributed by atoms with Gasteiger partial charge in [-0.3, -0.25) is 0 Å². The molecule has 0 spiro atoms. The van der Waals surface area contributed by atoms with Gasteiger partial charge in [-0.15, -0.1) is 0 Å². The number of rotatable bonds is 5. The van der Waals surface area contributed by atoms with E-state index >= 15 is 0 Å². The van der Waals surface area contributed by atoms with E-state index in [2.05, 4.69) is 35.6 Å². The Morgan fingerprint density at radius 3 is 2.73 bits per heavy atom. The fraction of sp³-hybridized carbons (Fsp3) is 0.636. The molecule has 1 atom stereocenters. The largest absolute Gasteiger partial charge is 0.338 e. The van der Waals surface area contributed by atoms with Crippen molar-refractivity contribution >= 4 is 5.95 Å². The maximum absolute atomic E-state index is 5.56. The zero-order chi connectivity index (χ0) is 11.3. The summed E-state index contributed by atoms with van der Waals surface area (Å²) >= 11 is 0. The van der Waals surface area contributed by atoms with Crippen LogP contribution in [-0.2, 0) is 6.54 Å². The number of nitrogens with two attached hydrogens (primary N) is 1. The predicted octanol–water partition coefficient (Wildman–Crippen LogP) is 1.56. The van der Waals surface area contributed by atoms with Gasteiger partial charge in [-0.05, 0) is 26.3 Å². The van der Waals surface area contributed by atoms with E-state index in [1.165, 1.54) is 0 Å². The number of hydrogen-bond donors (Lipinski definition) is 1. The Morgan fingerprint density at radius 1 is 1.47 bits per heavy atom. The number of aromatic nitrogens is 2. The molecule has 4 nitrogen and oxygen atoms in total. The first kappa shape index (κ1) is 11.9. The molecule has 0 radical (unpaired) electrons. The smallest absolute Gasteiger partial charge is 0.225 e. The monoisotopic (exact) mass is 208 g/mol. The lowest BCUT2D eigenvalue weighted by Gasteiger charge is -2.27. The maximum atomic E-state index is 5.56. The fourth-order valence-corrected chi connectivity index (χ4v) is 1.51. The van der Waals surface area contributed by atoms with E-state index in [0.29, 0.717) is 12.6 Å². The van der Waals surface area contributed by atoms with E-state index in [-0.39, 0.29) is 0 Å². The lowest BCUT2D eigenvalue weighted by Crippen LogP contribution is -2.34. The molecule has 0 aromatic carbocycles. The van der Waals surface area contributed by atoms with Crippen molar-refractivity contribution < 1.29 is 0 Å². The highest BCUT2D eigenvalue weighted by atomic mass is 15.3. The molecule has 0 amide bonds. The summed E-state index contributed by atoms with van der Waals surface area (Å²) in [4.78, 5) is 10.9. The van der Waals surface area contributed by atoms with Gasteiger partial charge in [0.1, 0.15) is 0 Å². The zero-order valence-electron chi connectivity index (χ0n) is 9.77. The summed E-state index contributed by atoms with van der Waals surface area (Å²) in [7, 11) is 0. The van der Waals surface area contributed by atoms with Gasteiger partial charge in [-0.1, -0.05) is 6.92 Å². The third kappa shape index (κ3) is 2.89. The van der Waals surface area contributed by atoms with Crippen LogP contribution >= 0.6 is 0 Å². The summed E-state index contributed by atoms with van der Waals surface area (Å²) in [5.41, 5.74) is 6.45. The molecule has 0 aliphatic carbocycles. The van der Waals surface area contributed by atoms with Crippen LogP contribution in [-0.4, -0.2) is 22.6 Å². The van der Waals surface area contributed by atoms with E-state index in [1.807, 2.05) is 6.07 Å². The molecule has 1 heterocycles. The molecule has 0 aliphatic heterocycles. The van der Waals surface area contributed by atoms with Crippen LogP contribution in [0.5, 0.6) is 0 Å². The number of hydrogen-bond acceptors (Lipinski definition) is 4. The Labute approximate surface area is 91.5 Å². The Bertz CT molecular complexity index is 300. The predicted molar refractivity (Wildman–Crippen MR) is 62.7 cm³/mol. The van der Waals surface area contributed by atoms with E-state index in [4.69, 9.17) is 5.73 Å². The Morgan fingerprint density at radius 2 is 2.20 bits per heavy atom. The summed E-state index contributed by atoms with van der Waals surface area (Å²) in [6, 6.07) is 2.32. The summed E-state index contributed by atoms with van der Waals surface area (Å²) in [5.74, 6) is 0.787. The summed E-state index contributed by atoms with van der Waals surface area (Å²) < 4.78 is 0. The highest BCUT2D eigenvalue weighted by Crippen LogP contribution is 2.12. The standard InChI is InChI=1S/C11H20N4/c1-4-9(3)15(5-2)11-13-7-6-10(8-12)14-11/h6-7,9H,4-5,8,12H2,1-3H3. The van der Waals surface area contributed by atoms with E-state index in [0.717, 1.165) is 24.6 Å².